The molecule has 0 spiro atoms. The van der Waals surface area contributed by atoms with Gasteiger partial charge in [0.2, 0.25) is 0 Å². The Morgan fingerprint density at radius 2 is 1.77 bits per heavy atom. The number of nitro benzene ring substituents is 1. The van der Waals surface area contributed by atoms with E-state index in [1.807, 2.05) is 24.3 Å². The number of nitrogens with zero attached hydrogens (tertiary/aromatic N) is 3. The van der Waals surface area contributed by atoms with Gasteiger partial charge in [-0.3, -0.25) is 19.7 Å². The predicted molar refractivity (Wildman–Crippen MR) is 152 cm³/mol. The van der Waals surface area contributed by atoms with E-state index in [2.05, 4.69) is 36.6 Å². The maximum atomic E-state index is 12.8. The molecule has 1 aliphatic rings. The van der Waals surface area contributed by atoms with Crippen molar-refractivity contribution in [3.05, 3.63) is 80.2 Å². The fourth-order valence-electron chi connectivity index (χ4n) is 4.24. The van der Waals surface area contributed by atoms with Crippen LogP contribution in [0.25, 0.3) is 10.4 Å². The first-order valence-corrected chi connectivity index (χ1v) is 13.4. The van der Waals surface area contributed by atoms with Crippen molar-refractivity contribution in [1.82, 2.24) is 15.6 Å². The van der Waals surface area contributed by atoms with E-state index in [9.17, 15) is 24.8 Å². The second kappa shape index (κ2) is 11.3. The molecule has 3 N–H and O–H groups in total. The molecule has 39 heavy (non-hydrogen) atoms. The second-order valence-electron chi connectivity index (χ2n) is 10.3. The van der Waals surface area contributed by atoms with Crippen molar-refractivity contribution in [3.63, 3.8) is 0 Å². The Morgan fingerprint density at radius 3 is 2.38 bits per heavy atom. The quantitative estimate of drug-likeness (QED) is 0.235. The molecule has 0 unspecified atom stereocenters. The van der Waals surface area contributed by atoms with Crippen LogP contribution in [-0.2, 0) is 5.41 Å². The minimum atomic E-state index is -0.675. The van der Waals surface area contributed by atoms with Crippen LogP contribution in [0.1, 0.15) is 59.5 Å². The Bertz CT molecular complexity index is 1430. The van der Waals surface area contributed by atoms with Crippen molar-refractivity contribution in [2.45, 2.75) is 33.1 Å². The van der Waals surface area contributed by atoms with Crippen LogP contribution in [0.4, 0.5) is 5.69 Å². The zero-order chi connectivity index (χ0) is 28.3. The van der Waals surface area contributed by atoms with Gasteiger partial charge < -0.3 is 15.3 Å². The van der Waals surface area contributed by atoms with Crippen LogP contribution >= 0.6 is 11.3 Å². The molecule has 3 aromatic rings. The fraction of sp³-hybridized carbons (Fsp3) is 0.321. The molecule has 204 valence electrons. The predicted octanol–water partition coefficient (Wildman–Crippen LogP) is 4.53. The van der Waals surface area contributed by atoms with Crippen molar-refractivity contribution in [1.29, 1.82) is 0 Å². The first-order chi connectivity index (χ1) is 18.5. The van der Waals surface area contributed by atoms with Gasteiger partial charge in [0.1, 0.15) is 11.3 Å². The molecule has 0 atom stereocenters. The third-order valence-corrected chi connectivity index (χ3v) is 7.60. The number of nitro groups is 1. The molecule has 0 radical (unpaired) electrons. The minimum absolute atomic E-state index is 0.00993. The number of rotatable bonds is 6. The molecule has 4 rings (SSSR count). The Hall–Kier alpha value is -4.09. The molecule has 1 aromatic heterocycles. The van der Waals surface area contributed by atoms with Gasteiger partial charge in [-0.25, -0.2) is 5.43 Å². The van der Waals surface area contributed by atoms with Crippen LogP contribution in [0, 0.1) is 10.1 Å². The molecule has 1 aliphatic heterocycles. The lowest BCUT2D eigenvalue weighted by Gasteiger charge is -2.27. The number of aromatic hydroxyl groups is 1. The number of benzene rings is 2. The highest BCUT2D eigenvalue weighted by atomic mass is 32.1. The summed E-state index contributed by atoms with van der Waals surface area (Å²) in [4.78, 5) is 38.8. The minimum Gasteiger partial charge on any atom is -0.506 e. The molecule has 2 heterocycles. The SMILES string of the molecule is C/C(=N\NC(=O)c1ccc(C(=O)N2CCNCC2)c([N+](=O)[O-])c1)c1csc(-c2ccc(C(C)(C)C)cc2)c1O. The summed E-state index contributed by atoms with van der Waals surface area (Å²) < 4.78 is 0. The Labute approximate surface area is 230 Å². The van der Waals surface area contributed by atoms with Crippen molar-refractivity contribution in [2.24, 2.45) is 5.10 Å². The number of nitrogens with one attached hydrogen (secondary N) is 2. The number of amides is 2. The lowest BCUT2D eigenvalue weighted by molar-refractivity contribution is -0.385. The normalized spacial score (nSPS) is 14.3. The highest BCUT2D eigenvalue weighted by Gasteiger charge is 2.27. The fourth-order valence-corrected chi connectivity index (χ4v) is 5.25. The van der Waals surface area contributed by atoms with Crippen LogP contribution in [-0.4, -0.2) is 58.6 Å². The maximum absolute atomic E-state index is 12.8. The van der Waals surface area contributed by atoms with Crippen molar-refractivity contribution >= 4 is 34.6 Å². The molecule has 10 nitrogen and oxygen atoms in total. The van der Waals surface area contributed by atoms with E-state index in [0.717, 1.165) is 11.6 Å². The maximum Gasteiger partial charge on any atom is 0.282 e. The number of piperazine rings is 1. The van der Waals surface area contributed by atoms with E-state index in [0.29, 0.717) is 42.3 Å². The number of hydrazone groups is 1. The van der Waals surface area contributed by atoms with E-state index in [4.69, 9.17) is 0 Å². The number of hydrogen-bond acceptors (Lipinski definition) is 8. The molecule has 2 aromatic carbocycles. The number of carbonyl (C=O) groups is 2. The molecule has 1 fully saturated rings. The molecular formula is C28H31N5O5S. The highest BCUT2D eigenvalue weighted by molar-refractivity contribution is 7.14. The first kappa shape index (κ1) is 27.9. The molecule has 2 amide bonds. The van der Waals surface area contributed by atoms with Crippen molar-refractivity contribution in [3.8, 4) is 16.2 Å². The number of carbonyl (C=O) groups excluding carboxylic acids is 2. The largest absolute Gasteiger partial charge is 0.506 e. The van der Waals surface area contributed by atoms with Gasteiger partial charge in [-0.2, -0.15) is 5.10 Å². The zero-order valence-electron chi connectivity index (χ0n) is 22.3. The summed E-state index contributed by atoms with van der Waals surface area (Å²) >= 11 is 1.36. The average Bonchev–Trinajstić information content (AvgIpc) is 3.32. The monoisotopic (exact) mass is 549 g/mol. The smallest absolute Gasteiger partial charge is 0.282 e. The molecule has 0 bridgehead atoms. The summed E-state index contributed by atoms with van der Waals surface area (Å²) in [5.41, 5.74) is 4.79. The lowest BCUT2D eigenvalue weighted by atomic mass is 9.86. The van der Waals surface area contributed by atoms with Gasteiger partial charge in [0.25, 0.3) is 17.5 Å². The zero-order valence-corrected chi connectivity index (χ0v) is 23.1. The van der Waals surface area contributed by atoms with Gasteiger partial charge in [-0.1, -0.05) is 45.0 Å². The summed E-state index contributed by atoms with van der Waals surface area (Å²) in [5.74, 6) is -1.06. The molecule has 0 aliphatic carbocycles. The van der Waals surface area contributed by atoms with E-state index in [1.165, 1.54) is 29.0 Å². The number of hydrogen-bond donors (Lipinski definition) is 3. The van der Waals surface area contributed by atoms with Crippen LogP contribution in [0.5, 0.6) is 5.75 Å². The van der Waals surface area contributed by atoms with E-state index in [1.54, 1.807) is 17.2 Å². The summed E-state index contributed by atoms with van der Waals surface area (Å²) in [6, 6.07) is 11.8. The summed E-state index contributed by atoms with van der Waals surface area (Å²) in [6.45, 7) is 10.2. The standard InChI is InChI=1S/C28H31N5O5S/c1-17(22-16-39-25(24(22)34)18-5-8-20(9-6-18)28(2,3)4)30-31-26(35)19-7-10-21(23(15-19)33(37)38)27(36)32-13-11-29-12-14-32/h5-10,15-16,29,34H,11-14H2,1-4H3,(H,31,35)/b30-17+. The van der Waals surface area contributed by atoms with Crippen LogP contribution in [0.2, 0.25) is 0 Å². The Kier molecular flexibility index (Phi) is 8.12. The van der Waals surface area contributed by atoms with Crippen LogP contribution < -0.4 is 10.7 Å². The Morgan fingerprint density at radius 1 is 1.10 bits per heavy atom. The van der Waals surface area contributed by atoms with Crippen molar-refractivity contribution < 1.29 is 19.6 Å². The first-order valence-electron chi connectivity index (χ1n) is 12.5. The summed E-state index contributed by atoms with van der Waals surface area (Å²) in [5, 5.41) is 31.5. The highest BCUT2D eigenvalue weighted by Crippen LogP contribution is 2.39. The summed E-state index contributed by atoms with van der Waals surface area (Å²) in [6.07, 6.45) is 0. The molecule has 11 heteroatoms. The van der Waals surface area contributed by atoms with Gasteiger partial charge in [-0.05, 0) is 35.6 Å². The molecule has 0 saturated carbocycles. The van der Waals surface area contributed by atoms with Crippen molar-refractivity contribution in [2.75, 3.05) is 26.2 Å². The van der Waals surface area contributed by atoms with E-state index >= 15 is 0 Å². The summed E-state index contributed by atoms with van der Waals surface area (Å²) in [7, 11) is 0. The lowest BCUT2D eigenvalue weighted by Crippen LogP contribution is -2.46. The Balaban J connectivity index is 1.50. The van der Waals surface area contributed by atoms with Gasteiger partial charge in [-0.15, -0.1) is 11.3 Å². The van der Waals surface area contributed by atoms with Gasteiger partial charge in [0.05, 0.1) is 21.1 Å². The van der Waals surface area contributed by atoms with E-state index in [-0.39, 0.29) is 22.3 Å². The number of thiophene rings is 1. The third-order valence-electron chi connectivity index (χ3n) is 6.58. The van der Waals surface area contributed by atoms with Gasteiger partial charge in [0.15, 0.2) is 0 Å². The van der Waals surface area contributed by atoms with Crippen LogP contribution in [0.3, 0.4) is 0 Å². The van der Waals surface area contributed by atoms with Gasteiger partial charge >= 0.3 is 0 Å². The molecule has 1 saturated heterocycles. The topological polar surface area (TPSA) is 137 Å². The molecular weight excluding hydrogens is 518 g/mol. The average molecular weight is 550 g/mol. The van der Waals surface area contributed by atoms with E-state index < -0.39 is 22.4 Å². The van der Waals surface area contributed by atoms with Crippen LogP contribution in [0.15, 0.2) is 52.9 Å². The third kappa shape index (κ3) is 6.15. The van der Waals surface area contributed by atoms with Gasteiger partial charge in [0, 0.05) is 43.2 Å². The second-order valence-corrected chi connectivity index (χ2v) is 11.2.